The monoisotopic (exact) mass is 835 g/mol. The van der Waals surface area contributed by atoms with Crippen molar-refractivity contribution in [1.82, 2.24) is 0 Å². The second-order valence-electron chi connectivity index (χ2n) is 18.2. The molecule has 0 aromatic heterocycles. The first-order valence-electron chi connectivity index (χ1n) is 26.5. The van der Waals surface area contributed by atoms with Crippen LogP contribution in [0.3, 0.4) is 0 Å². The molecule has 6 heteroatoms. The molecule has 0 unspecified atom stereocenters. The second-order valence-corrected chi connectivity index (χ2v) is 18.2. The maximum atomic E-state index is 12.8. The first-order chi connectivity index (χ1) is 29.0. The Balaban J connectivity index is 4.24. The molecule has 0 aromatic carbocycles. The lowest BCUT2D eigenvalue weighted by Crippen LogP contribution is -2.30. The lowest BCUT2D eigenvalue weighted by Gasteiger charge is -2.18. The van der Waals surface area contributed by atoms with Crippen LogP contribution in [0.1, 0.15) is 303 Å². The van der Waals surface area contributed by atoms with Crippen molar-refractivity contribution in [3.05, 3.63) is 0 Å². The van der Waals surface area contributed by atoms with Crippen LogP contribution in [0, 0.1) is 0 Å². The number of hydrogen-bond acceptors (Lipinski definition) is 6. The minimum Gasteiger partial charge on any atom is -0.462 e. The molecule has 0 N–H and O–H groups in total. The molecular formula is C53H102O6. The van der Waals surface area contributed by atoms with Gasteiger partial charge in [-0.3, -0.25) is 14.4 Å². The van der Waals surface area contributed by atoms with Crippen LogP contribution >= 0.6 is 0 Å². The number of carbonyl (C=O) groups excluding carboxylic acids is 3. The molecule has 0 radical (unpaired) electrons. The summed E-state index contributed by atoms with van der Waals surface area (Å²) in [4.78, 5) is 37.9. The van der Waals surface area contributed by atoms with Crippen molar-refractivity contribution < 1.29 is 28.6 Å². The number of esters is 3. The fraction of sp³-hybridized carbons (Fsp3) is 0.943. The van der Waals surface area contributed by atoms with Crippen molar-refractivity contribution >= 4 is 17.9 Å². The lowest BCUT2D eigenvalue weighted by atomic mass is 10.0. The third-order valence-electron chi connectivity index (χ3n) is 12.1. The Kier molecular flexibility index (Phi) is 47.7. The minimum absolute atomic E-state index is 0.0617. The summed E-state index contributed by atoms with van der Waals surface area (Å²) in [6, 6.07) is 0. The van der Waals surface area contributed by atoms with Gasteiger partial charge in [-0.2, -0.15) is 0 Å². The lowest BCUT2D eigenvalue weighted by molar-refractivity contribution is -0.167. The molecule has 0 spiro atoms. The third-order valence-corrected chi connectivity index (χ3v) is 12.1. The summed E-state index contributed by atoms with van der Waals surface area (Å²) >= 11 is 0. The van der Waals surface area contributed by atoms with E-state index in [9.17, 15) is 14.4 Å². The van der Waals surface area contributed by atoms with Gasteiger partial charge in [-0.1, -0.05) is 265 Å². The van der Waals surface area contributed by atoms with Gasteiger partial charge in [0.15, 0.2) is 6.10 Å². The van der Waals surface area contributed by atoms with Crippen molar-refractivity contribution in [2.45, 2.75) is 309 Å². The van der Waals surface area contributed by atoms with Crippen LogP contribution in [0.15, 0.2) is 0 Å². The normalized spacial score (nSPS) is 11.8. The molecular weight excluding hydrogens is 733 g/mol. The number of rotatable bonds is 49. The summed E-state index contributed by atoms with van der Waals surface area (Å²) in [5.41, 5.74) is 0. The summed E-state index contributed by atoms with van der Waals surface area (Å²) in [7, 11) is 0. The summed E-state index contributed by atoms with van der Waals surface area (Å²) in [5.74, 6) is -0.841. The van der Waals surface area contributed by atoms with Crippen LogP contribution < -0.4 is 0 Å². The van der Waals surface area contributed by atoms with Gasteiger partial charge in [-0.25, -0.2) is 0 Å². The Morgan fingerprint density at radius 1 is 0.271 bits per heavy atom. The molecule has 0 rings (SSSR count). The summed E-state index contributed by atoms with van der Waals surface area (Å²) in [6.07, 6.45) is 52.3. The van der Waals surface area contributed by atoms with Crippen molar-refractivity contribution in [1.29, 1.82) is 0 Å². The highest BCUT2D eigenvalue weighted by atomic mass is 16.6. The van der Waals surface area contributed by atoms with E-state index in [2.05, 4.69) is 20.8 Å². The van der Waals surface area contributed by atoms with Gasteiger partial charge in [0.2, 0.25) is 0 Å². The van der Waals surface area contributed by atoms with Crippen molar-refractivity contribution in [2.24, 2.45) is 0 Å². The Bertz CT molecular complexity index is 874. The average Bonchev–Trinajstić information content (AvgIpc) is 3.23. The molecule has 59 heavy (non-hydrogen) atoms. The SMILES string of the molecule is CCCCCCCCCCCCCCCCCCCCC(=O)OC[C@@H](COC(=O)CCCCCCCCCCCCCC)OC(=O)CCCCCCCCCCCCC. The zero-order valence-electron chi connectivity index (χ0n) is 40.1. The van der Waals surface area contributed by atoms with Gasteiger partial charge in [0.1, 0.15) is 13.2 Å². The fourth-order valence-electron chi connectivity index (χ4n) is 8.09. The molecule has 0 aliphatic carbocycles. The quantitative estimate of drug-likeness (QED) is 0.0345. The van der Waals surface area contributed by atoms with E-state index in [1.165, 1.54) is 205 Å². The molecule has 0 saturated carbocycles. The number of hydrogen-bond donors (Lipinski definition) is 0. The largest absolute Gasteiger partial charge is 0.462 e. The predicted molar refractivity (Wildman–Crippen MR) is 252 cm³/mol. The van der Waals surface area contributed by atoms with Crippen LogP contribution in [0.5, 0.6) is 0 Å². The van der Waals surface area contributed by atoms with E-state index in [0.717, 1.165) is 57.8 Å². The van der Waals surface area contributed by atoms with Gasteiger partial charge in [0.25, 0.3) is 0 Å². The van der Waals surface area contributed by atoms with Crippen LogP contribution in [-0.2, 0) is 28.6 Å². The first kappa shape index (κ1) is 57.4. The molecule has 1 atom stereocenters. The molecule has 0 aromatic rings. The van der Waals surface area contributed by atoms with Gasteiger partial charge >= 0.3 is 17.9 Å². The van der Waals surface area contributed by atoms with E-state index in [4.69, 9.17) is 14.2 Å². The molecule has 0 bridgehead atoms. The van der Waals surface area contributed by atoms with Gasteiger partial charge in [-0.05, 0) is 19.3 Å². The molecule has 0 aliphatic rings. The number of carbonyl (C=O) groups is 3. The molecule has 0 aliphatic heterocycles. The smallest absolute Gasteiger partial charge is 0.306 e. The molecule has 6 nitrogen and oxygen atoms in total. The minimum atomic E-state index is -0.759. The van der Waals surface area contributed by atoms with E-state index in [1.807, 2.05) is 0 Å². The molecule has 0 saturated heterocycles. The van der Waals surface area contributed by atoms with Gasteiger partial charge in [0.05, 0.1) is 0 Å². The van der Waals surface area contributed by atoms with Crippen molar-refractivity contribution in [3.8, 4) is 0 Å². The maximum Gasteiger partial charge on any atom is 0.306 e. The van der Waals surface area contributed by atoms with Crippen LogP contribution in [0.2, 0.25) is 0 Å². The molecule has 0 heterocycles. The summed E-state index contributed by atoms with van der Waals surface area (Å²) in [5, 5.41) is 0. The van der Waals surface area contributed by atoms with Crippen LogP contribution in [0.4, 0.5) is 0 Å². The molecule has 0 amide bonds. The topological polar surface area (TPSA) is 78.9 Å². The second kappa shape index (κ2) is 49.1. The van der Waals surface area contributed by atoms with Crippen LogP contribution in [-0.4, -0.2) is 37.2 Å². The van der Waals surface area contributed by atoms with E-state index in [0.29, 0.717) is 19.3 Å². The third kappa shape index (κ3) is 47.3. The van der Waals surface area contributed by atoms with E-state index >= 15 is 0 Å². The van der Waals surface area contributed by atoms with Crippen LogP contribution in [0.25, 0.3) is 0 Å². The predicted octanol–water partition coefficient (Wildman–Crippen LogP) is 17.2. The molecule has 350 valence electrons. The zero-order valence-corrected chi connectivity index (χ0v) is 40.1. The van der Waals surface area contributed by atoms with Gasteiger partial charge < -0.3 is 14.2 Å². The highest BCUT2D eigenvalue weighted by Crippen LogP contribution is 2.17. The first-order valence-corrected chi connectivity index (χ1v) is 26.5. The Hall–Kier alpha value is -1.59. The van der Waals surface area contributed by atoms with Crippen molar-refractivity contribution in [2.75, 3.05) is 13.2 Å². The Labute approximate surface area is 368 Å². The van der Waals surface area contributed by atoms with Gasteiger partial charge in [-0.15, -0.1) is 0 Å². The summed E-state index contributed by atoms with van der Waals surface area (Å²) < 4.78 is 16.8. The van der Waals surface area contributed by atoms with Crippen molar-refractivity contribution in [3.63, 3.8) is 0 Å². The molecule has 0 fully saturated rings. The number of ether oxygens (including phenoxy) is 3. The van der Waals surface area contributed by atoms with E-state index < -0.39 is 6.10 Å². The highest BCUT2D eigenvalue weighted by molar-refractivity contribution is 5.71. The van der Waals surface area contributed by atoms with Gasteiger partial charge in [0, 0.05) is 19.3 Å². The average molecular weight is 835 g/mol. The Morgan fingerprint density at radius 2 is 0.458 bits per heavy atom. The standard InChI is InChI=1S/C53H102O6/c1-4-7-10-13-16-19-22-24-25-26-27-28-29-32-34-37-40-43-46-52(55)58-49-50(59-53(56)47-44-41-38-35-30-21-18-15-12-9-6-3)48-57-51(54)45-42-39-36-33-31-23-20-17-14-11-8-5-2/h50H,4-49H2,1-3H3/t50-/m1/s1. The zero-order chi connectivity index (χ0) is 43.0. The Morgan fingerprint density at radius 3 is 0.678 bits per heavy atom. The van der Waals surface area contributed by atoms with E-state index in [1.54, 1.807) is 0 Å². The highest BCUT2D eigenvalue weighted by Gasteiger charge is 2.19. The van der Waals surface area contributed by atoms with E-state index in [-0.39, 0.29) is 31.1 Å². The number of unbranched alkanes of at least 4 members (excludes halogenated alkanes) is 38. The maximum absolute atomic E-state index is 12.8. The summed E-state index contributed by atoms with van der Waals surface area (Å²) in [6.45, 7) is 6.68. The fourth-order valence-corrected chi connectivity index (χ4v) is 8.09.